The van der Waals surface area contributed by atoms with Crippen molar-refractivity contribution in [3.05, 3.63) is 56.5 Å². The van der Waals surface area contributed by atoms with Gasteiger partial charge >= 0.3 is 0 Å². The molecule has 1 fully saturated rings. The summed E-state index contributed by atoms with van der Waals surface area (Å²) in [7, 11) is 0. The van der Waals surface area contributed by atoms with Gasteiger partial charge in [-0.05, 0) is 44.7 Å². The Hall–Kier alpha value is -2.54. The molecule has 4 rings (SSSR count). The minimum atomic E-state index is 0.0249. The predicted molar refractivity (Wildman–Crippen MR) is 106 cm³/mol. The maximum atomic E-state index is 12.8. The van der Waals surface area contributed by atoms with Crippen LogP contribution in [0.25, 0.3) is 10.9 Å². The number of rotatable bonds is 3. The van der Waals surface area contributed by atoms with Gasteiger partial charge in [0.2, 0.25) is 0 Å². The third kappa shape index (κ3) is 3.39. The standard InChI is InChI=1S/C20H22N4O2S/c1-13-18(27-12-21-13)20(26)23-9-7-15(8-10-23)11-24-14(2)22-17-6-4-3-5-16(17)19(24)25/h3-6,12,15H,7-11H2,1-2H3. The Morgan fingerprint density at radius 1 is 1.22 bits per heavy atom. The zero-order valence-corrected chi connectivity index (χ0v) is 16.3. The molecule has 6 nitrogen and oxygen atoms in total. The number of hydrogen-bond acceptors (Lipinski definition) is 5. The van der Waals surface area contributed by atoms with Crippen LogP contribution in [0.15, 0.2) is 34.6 Å². The molecule has 1 aliphatic heterocycles. The van der Waals surface area contributed by atoms with Crippen molar-refractivity contribution < 1.29 is 4.79 Å². The SMILES string of the molecule is Cc1ncsc1C(=O)N1CCC(Cn2c(C)nc3ccccc3c2=O)CC1. The number of nitrogens with zero attached hydrogens (tertiary/aromatic N) is 4. The molecule has 1 saturated heterocycles. The van der Waals surface area contributed by atoms with E-state index < -0.39 is 0 Å². The fourth-order valence-corrected chi connectivity index (χ4v) is 4.49. The van der Waals surface area contributed by atoms with Gasteiger partial charge in [-0.15, -0.1) is 11.3 Å². The fourth-order valence-electron chi connectivity index (χ4n) is 3.72. The van der Waals surface area contributed by atoms with Gasteiger partial charge in [0.25, 0.3) is 11.5 Å². The zero-order valence-electron chi connectivity index (χ0n) is 15.5. The molecule has 0 atom stereocenters. The number of carbonyl (C=O) groups excluding carboxylic acids is 1. The number of aromatic nitrogens is 3. The first-order valence-electron chi connectivity index (χ1n) is 9.20. The van der Waals surface area contributed by atoms with Crippen LogP contribution in [-0.2, 0) is 6.54 Å². The second-order valence-corrected chi connectivity index (χ2v) is 7.95. The first kappa shape index (κ1) is 17.9. The largest absolute Gasteiger partial charge is 0.338 e. The highest BCUT2D eigenvalue weighted by atomic mass is 32.1. The predicted octanol–water partition coefficient (Wildman–Crippen LogP) is 3.02. The lowest BCUT2D eigenvalue weighted by Crippen LogP contribution is -2.40. The third-order valence-electron chi connectivity index (χ3n) is 5.33. The molecule has 0 saturated carbocycles. The molecule has 1 aromatic carbocycles. The Bertz CT molecular complexity index is 1050. The molecule has 0 radical (unpaired) electrons. The molecule has 27 heavy (non-hydrogen) atoms. The second-order valence-electron chi connectivity index (χ2n) is 7.09. The maximum absolute atomic E-state index is 12.8. The first-order chi connectivity index (χ1) is 13.0. The zero-order chi connectivity index (χ0) is 19.0. The molecule has 140 valence electrons. The minimum Gasteiger partial charge on any atom is -0.338 e. The molecule has 1 aliphatic rings. The summed E-state index contributed by atoms with van der Waals surface area (Å²) in [4.78, 5) is 36.9. The van der Waals surface area contributed by atoms with Gasteiger partial charge in [-0.1, -0.05) is 12.1 Å². The van der Waals surface area contributed by atoms with Gasteiger partial charge in [-0.3, -0.25) is 14.2 Å². The Morgan fingerprint density at radius 3 is 2.67 bits per heavy atom. The average Bonchev–Trinajstić information content (AvgIpc) is 3.11. The smallest absolute Gasteiger partial charge is 0.265 e. The Balaban J connectivity index is 1.47. The summed E-state index contributed by atoms with van der Waals surface area (Å²) in [6, 6.07) is 7.48. The number of amides is 1. The summed E-state index contributed by atoms with van der Waals surface area (Å²) in [5, 5.41) is 0.663. The number of hydrogen-bond donors (Lipinski definition) is 0. The molecule has 0 bridgehead atoms. The number of fused-ring (bicyclic) bond motifs is 1. The van der Waals surface area contributed by atoms with Crippen LogP contribution in [0.2, 0.25) is 0 Å². The number of aryl methyl sites for hydroxylation is 2. The molecule has 0 aliphatic carbocycles. The van der Waals surface area contributed by atoms with Gasteiger partial charge in [0.15, 0.2) is 0 Å². The van der Waals surface area contributed by atoms with E-state index in [1.807, 2.05) is 43.0 Å². The van der Waals surface area contributed by atoms with Crippen molar-refractivity contribution in [3.8, 4) is 0 Å². The summed E-state index contributed by atoms with van der Waals surface area (Å²) in [6.45, 7) is 5.85. The van der Waals surface area contributed by atoms with Crippen molar-refractivity contribution in [2.45, 2.75) is 33.2 Å². The molecule has 2 aromatic heterocycles. The highest BCUT2D eigenvalue weighted by Crippen LogP contribution is 2.23. The molecular formula is C20H22N4O2S. The van der Waals surface area contributed by atoms with Crippen molar-refractivity contribution in [1.29, 1.82) is 0 Å². The lowest BCUT2D eigenvalue weighted by molar-refractivity contribution is 0.0686. The normalized spacial score (nSPS) is 15.4. The lowest BCUT2D eigenvalue weighted by Gasteiger charge is -2.32. The lowest BCUT2D eigenvalue weighted by atomic mass is 9.96. The highest BCUT2D eigenvalue weighted by Gasteiger charge is 2.26. The van der Waals surface area contributed by atoms with E-state index >= 15 is 0 Å². The molecule has 3 heterocycles. The molecule has 3 aromatic rings. The highest BCUT2D eigenvalue weighted by molar-refractivity contribution is 7.11. The van der Waals surface area contributed by atoms with Crippen LogP contribution in [0, 0.1) is 19.8 Å². The van der Waals surface area contributed by atoms with E-state index in [0.717, 1.165) is 47.8 Å². The number of piperidine rings is 1. The van der Waals surface area contributed by atoms with Crippen LogP contribution in [0.5, 0.6) is 0 Å². The van der Waals surface area contributed by atoms with E-state index in [2.05, 4.69) is 9.97 Å². The van der Waals surface area contributed by atoms with Crippen molar-refractivity contribution in [2.24, 2.45) is 5.92 Å². The quantitative estimate of drug-likeness (QED) is 0.698. The average molecular weight is 382 g/mol. The van der Waals surface area contributed by atoms with Gasteiger partial charge in [0.1, 0.15) is 10.7 Å². The minimum absolute atomic E-state index is 0.0249. The van der Waals surface area contributed by atoms with E-state index in [0.29, 0.717) is 17.8 Å². The van der Waals surface area contributed by atoms with E-state index in [9.17, 15) is 9.59 Å². The summed E-state index contributed by atoms with van der Waals surface area (Å²) in [5.41, 5.74) is 3.29. The molecule has 0 N–H and O–H groups in total. The van der Waals surface area contributed by atoms with E-state index in [4.69, 9.17) is 0 Å². The van der Waals surface area contributed by atoms with Gasteiger partial charge in [-0.2, -0.15) is 0 Å². The van der Waals surface area contributed by atoms with Gasteiger partial charge in [0, 0.05) is 19.6 Å². The summed E-state index contributed by atoms with van der Waals surface area (Å²) < 4.78 is 1.79. The Labute approximate surface area is 161 Å². The van der Waals surface area contributed by atoms with Crippen LogP contribution in [0.3, 0.4) is 0 Å². The van der Waals surface area contributed by atoms with Crippen molar-refractivity contribution in [1.82, 2.24) is 19.4 Å². The van der Waals surface area contributed by atoms with Gasteiger partial charge in [-0.25, -0.2) is 9.97 Å². The van der Waals surface area contributed by atoms with Crippen LogP contribution < -0.4 is 5.56 Å². The fraction of sp³-hybridized carbons (Fsp3) is 0.400. The summed E-state index contributed by atoms with van der Waals surface area (Å²) >= 11 is 1.40. The van der Waals surface area contributed by atoms with Crippen LogP contribution in [0.4, 0.5) is 0 Å². The molecule has 0 unspecified atom stereocenters. The first-order valence-corrected chi connectivity index (χ1v) is 10.1. The summed E-state index contributed by atoms with van der Waals surface area (Å²) in [6.07, 6.45) is 1.78. The maximum Gasteiger partial charge on any atom is 0.265 e. The van der Waals surface area contributed by atoms with Crippen LogP contribution in [-0.4, -0.2) is 38.4 Å². The number of likely N-dealkylation sites (tertiary alicyclic amines) is 1. The van der Waals surface area contributed by atoms with E-state index in [1.165, 1.54) is 11.3 Å². The molecule has 7 heteroatoms. The number of para-hydroxylation sites is 1. The van der Waals surface area contributed by atoms with Gasteiger partial charge < -0.3 is 4.90 Å². The van der Waals surface area contributed by atoms with Gasteiger partial charge in [0.05, 0.1) is 22.1 Å². The Kier molecular flexibility index (Phi) is 4.78. The van der Waals surface area contributed by atoms with E-state index in [-0.39, 0.29) is 11.5 Å². The van der Waals surface area contributed by atoms with Crippen molar-refractivity contribution in [3.63, 3.8) is 0 Å². The van der Waals surface area contributed by atoms with E-state index in [1.54, 1.807) is 10.1 Å². The van der Waals surface area contributed by atoms with Crippen LogP contribution >= 0.6 is 11.3 Å². The second kappa shape index (κ2) is 7.23. The molecule has 1 amide bonds. The Morgan fingerprint density at radius 2 is 1.96 bits per heavy atom. The third-order valence-corrected chi connectivity index (χ3v) is 6.25. The topological polar surface area (TPSA) is 68.1 Å². The van der Waals surface area contributed by atoms with Crippen molar-refractivity contribution in [2.75, 3.05) is 13.1 Å². The molecular weight excluding hydrogens is 360 g/mol. The monoisotopic (exact) mass is 382 g/mol. The number of carbonyl (C=O) groups is 1. The molecule has 0 spiro atoms. The van der Waals surface area contributed by atoms with Crippen molar-refractivity contribution >= 4 is 28.1 Å². The summed E-state index contributed by atoms with van der Waals surface area (Å²) in [5.74, 6) is 1.20. The number of benzene rings is 1. The van der Waals surface area contributed by atoms with Crippen LogP contribution in [0.1, 0.15) is 34.0 Å². The number of thiazole rings is 1.